The maximum Gasteiger partial charge on any atom is 0.289 e. The van der Waals surface area contributed by atoms with Gasteiger partial charge in [-0.1, -0.05) is 0 Å². The molecule has 142 valence electrons. The number of furan rings is 1. The molecule has 0 N–H and O–H groups in total. The van der Waals surface area contributed by atoms with Crippen molar-refractivity contribution in [2.45, 2.75) is 18.9 Å². The number of benzene rings is 1. The molecule has 0 aliphatic carbocycles. The molecule has 0 saturated carbocycles. The van der Waals surface area contributed by atoms with Gasteiger partial charge in [-0.15, -0.1) is 0 Å². The Bertz CT molecular complexity index is 819. The average Bonchev–Trinajstić information content (AvgIpc) is 3.40. The molecule has 2 aliphatic rings. The number of amides is 2. The monoisotopic (exact) mass is 372 g/mol. The van der Waals surface area contributed by atoms with Crippen molar-refractivity contribution in [3.05, 3.63) is 48.0 Å². The molecule has 3 heterocycles. The topological polar surface area (TPSA) is 63.0 Å². The third kappa shape index (κ3) is 3.73. The lowest BCUT2D eigenvalue weighted by Gasteiger charge is -2.35. The van der Waals surface area contributed by atoms with Gasteiger partial charge in [0.15, 0.2) is 5.76 Å². The van der Waals surface area contributed by atoms with E-state index < -0.39 is 0 Å². The van der Waals surface area contributed by atoms with Crippen molar-refractivity contribution in [2.24, 2.45) is 0 Å². The highest BCUT2D eigenvalue weighted by Crippen LogP contribution is 2.24. The van der Waals surface area contributed by atoms with Crippen molar-refractivity contribution in [1.29, 1.82) is 0 Å². The second kappa shape index (κ2) is 7.52. The van der Waals surface area contributed by atoms with Crippen molar-refractivity contribution < 1.29 is 23.1 Å². The first-order valence-electron chi connectivity index (χ1n) is 9.17. The van der Waals surface area contributed by atoms with Crippen LogP contribution in [0.15, 0.2) is 40.8 Å². The normalized spacial score (nSPS) is 20.1. The molecule has 1 aromatic carbocycles. The number of halogens is 1. The molecule has 1 aromatic heterocycles. The summed E-state index contributed by atoms with van der Waals surface area (Å²) < 4.78 is 24.2. The molecular formula is C20H21FN2O4. The van der Waals surface area contributed by atoms with Gasteiger partial charge in [0.25, 0.3) is 11.8 Å². The van der Waals surface area contributed by atoms with E-state index in [2.05, 4.69) is 0 Å². The number of ether oxygens (including phenoxy) is 1. The molecule has 2 fully saturated rings. The number of piperazine rings is 1. The Hall–Kier alpha value is -2.67. The van der Waals surface area contributed by atoms with Crippen LogP contribution in [0.1, 0.15) is 23.4 Å². The first-order valence-corrected chi connectivity index (χ1v) is 9.17. The van der Waals surface area contributed by atoms with Gasteiger partial charge in [-0.2, -0.15) is 0 Å². The van der Waals surface area contributed by atoms with Crippen LogP contribution in [-0.2, 0) is 9.53 Å². The molecular weight excluding hydrogens is 351 g/mol. The molecule has 4 rings (SSSR count). The minimum absolute atomic E-state index is 0.0243. The number of rotatable bonds is 3. The van der Waals surface area contributed by atoms with E-state index in [9.17, 15) is 14.0 Å². The lowest BCUT2D eigenvalue weighted by atomic mass is 10.2. The summed E-state index contributed by atoms with van der Waals surface area (Å²) in [4.78, 5) is 28.5. The standard InChI is InChI=1S/C20H21FN2O4/c21-15-5-3-14(4-6-15)16-7-8-18(27-16)20(25)23-11-9-22(10-12-23)19(24)17-2-1-13-26-17/h3-8,17H,1-2,9-13H2/t17-/m1/s1. The van der Waals surface area contributed by atoms with E-state index in [0.717, 1.165) is 12.8 Å². The van der Waals surface area contributed by atoms with Gasteiger partial charge >= 0.3 is 0 Å². The number of carbonyl (C=O) groups excluding carboxylic acids is 2. The summed E-state index contributed by atoms with van der Waals surface area (Å²) in [5.41, 5.74) is 0.711. The fourth-order valence-electron chi connectivity index (χ4n) is 3.48. The van der Waals surface area contributed by atoms with E-state index in [1.165, 1.54) is 12.1 Å². The zero-order chi connectivity index (χ0) is 18.8. The predicted molar refractivity (Wildman–Crippen MR) is 95.6 cm³/mol. The number of carbonyl (C=O) groups is 2. The molecule has 1 atom stereocenters. The minimum Gasteiger partial charge on any atom is -0.451 e. The fourth-order valence-corrected chi connectivity index (χ4v) is 3.48. The molecule has 0 bridgehead atoms. The van der Waals surface area contributed by atoms with Crippen LogP contribution in [0.3, 0.4) is 0 Å². The van der Waals surface area contributed by atoms with Crippen LogP contribution >= 0.6 is 0 Å². The molecule has 0 unspecified atom stereocenters. The third-order valence-corrected chi connectivity index (χ3v) is 5.03. The van der Waals surface area contributed by atoms with Gasteiger partial charge in [-0.3, -0.25) is 9.59 Å². The third-order valence-electron chi connectivity index (χ3n) is 5.03. The summed E-state index contributed by atoms with van der Waals surface area (Å²) in [7, 11) is 0. The van der Waals surface area contributed by atoms with Crippen LogP contribution in [0.25, 0.3) is 11.3 Å². The zero-order valence-corrected chi connectivity index (χ0v) is 14.9. The van der Waals surface area contributed by atoms with Crippen LogP contribution in [0.4, 0.5) is 4.39 Å². The summed E-state index contributed by atoms with van der Waals surface area (Å²) in [6, 6.07) is 9.26. The molecule has 0 radical (unpaired) electrons. The van der Waals surface area contributed by atoms with Crippen LogP contribution in [0, 0.1) is 5.82 Å². The number of hydrogen-bond donors (Lipinski definition) is 0. The van der Waals surface area contributed by atoms with Gasteiger partial charge in [0.2, 0.25) is 0 Å². The van der Waals surface area contributed by atoms with Crippen molar-refractivity contribution in [3.63, 3.8) is 0 Å². The molecule has 2 amide bonds. The van der Waals surface area contributed by atoms with Gasteiger partial charge in [0.1, 0.15) is 17.7 Å². The van der Waals surface area contributed by atoms with E-state index >= 15 is 0 Å². The minimum atomic E-state index is -0.324. The van der Waals surface area contributed by atoms with Crippen LogP contribution in [0.5, 0.6) is 0 Å². The van der Waals surface area contributed by atoms with Crippen LogP contribution < -0.4 is 0 Å². The molecule has 7 heteroatoms. The maximum absolute atomic E-state index is 13.0. The largest absolute Gasteiger partial charge is 0.451 e. The summed E-state index contributed by atoms with van der Waals surface area (Å²) in [6.45, 7) is 2.56. The SMILES string of the molecule is O=C(c1ccc(-c2ccc(F)cc2)o1)N1CCN(C(=O)[C@H]2CCCO2)CC1. The first kappa shape index (κ1) is 17.7. The summed E-state index contributed by atoms with van der Waals surface area (Å²) in [6.07, 6.45) is 1.37. The van der Waals surface area contributed by atoms with Crippen molar-refractivity contribution in [1.82, 2.24) is 9.80 Å². The molecule has 2 aliphatic heterocycles. The highest BCUT2D eigenvalue weighted by Gasteiger charge is 2.32. The Balaban J connectivity index is 1.37. The highest BCUT2D eigenvalue weighted by atomic mass is 19.1. The Morgan fingerprint density at radius 3 is 2.33 bits per heavy atom. The van der Waals surface area contributed by atoms with Crippen LogP contribution in [-0.4, -0.2) is 60.5 Å². The average molecular weight is 372 g/mol. The van der Waals surface area contributed by atoms with E-state index in [4.69, 9.17) is 9.15 Å². The first-order chi connectivity index (χ1) is 13.1. The molecule has 6 nitrogen and oxygen atoms in total. The van der Waals surface area contributed by atoms with Gasteiger partial charge in [0.05, 0.1) is 0 Å². The van der Waals surface area contributed by atoms with Crippen molar-refractivity contribution >= 4 is 11.8 Å². The summed E-state index contributed by atoms with van der Waals surface area (Å²) in [5, 5.41) is 0. The zero-order valence-electron chi connectivity index (χ0n) is 14.9. The Morgan fingerprint density at radius 2 is 1.67 bits per heavy atom. The van der Waals surface area contributed by atoms with Crippen LogP contribution in [0.2, 0.25) is 0 Å². The van der Waals surface area contributed by atoms with E-state index in [1.807, 2.05) is 0 Å². The van der Waals surface area contributed by atoms with Crippen molar-refractivity contribution in [2.75, 3.05) is 32.8 Å². The van der Waals surface area contributed by atoms with Gasteiger partial charge < -0.3 is 19.0 Å². The maximum atomic E-state index is 13.0. The summed E-state index contributed by atoms with van der Waals surface area (Å²) in [5.74, 6) is 0.263. The molecule has 2 aromatic rings. The van der Waals surface area contributed by atoms with Gasteiger partial charge in [0, 0.05) is 38.3 Å². The molecule has 27 heavy (non-hydrogen) atoms. The van der Waals surface area contributed by atoms with E-state index in [0.29, 0.717) is 44.1 Å². The Labute approximate surface area is 156 Å². The fraction of sp³-hybridized carbons (Fsp3) is 0.400. The quantitative estimate of drug-likeness (QED) is 0.831. The second-order valence-electron chi connectivity index (χ2n) is 6.79. The number of nitrogens with zero attached hydrogens (tertiary/aromatic N) is 2. The lowest BCUT2D eigenvalue weighted by molar-refractivity contribution is -0.142. The van der Waals surface area contributed by atoms with Crippen molar-refractivity contribution in [3.8, 4) is 11.3 Å². The number of hydrogen-bond acceptors (Lipinski definition) is 4. The Morgan fingerprint density at radius 1 is 0.963 bits per heavy atom. The smallest absolute Gasteiger partial charge is 0.289 e. The second-order valence-corrected chi connectivity index (χ2v) is 6.79. The molecule has 2 saturated heterocycles. The highest BCUT2D eigenvalue weighted by molar-refractivity contribution is 5.92. The summed E-state index contributed by atoms with van der Waals surface area (Å²) >= 11 is 0. The van der Waals surface area contributed by atoms with Gasteiger partial charge in [-0.05, 0) is 49.2 Å². The van der Waals surface area contributed by atoms with E-state index in [1.54, 1.807) is 34.1 Å². The molecule has 0 spiro atoms. The Kier molecular flexibility index (Phi) is 4.94. The van der Waals surface area contributed by atoms with Gasteiger partial charge in [-0.25, -0.2) is 4.39 Å². The van der Waals surface area contributed by atoms with E-state index in [-0.39, 0.29) is 29.5 Å². The predicted octanol–water partition coefficient (Wildman–Crippen LogP) is 2.55. The lowest BCUT2D eigenvalue weighted by Crippen LogP contribution is -2.52.